The summed E-state index contributed by atoms with van der Waals surface area (Å²) in [5, 5.41) is 0.838. The lowest BCUT2D eigenvalue weighted by Crippen LogP contribution is -2.33. The van der Waals surface area contributed by atoms with Crippen molar-refractivity contribution < 1.29 is 0 Å². The van der Waals surface area contributed by atoms with Crippen molar-refractivity contribution in [3.63, 3.8) is 0 Å². The first-order chi connectivity index (χ1) is 8.43. The minimum absolute atomic E-state index is 0.269. The van der Waals surface area contributed by atoms with Gasteiger partial charge in [0.1, 0.15) is 0 Å². The van der Waals surface area contributed by atoms with Crippen LogP contribution in [0.2, 0.25) is 5.02 Å². The largest absolute Gasteiger partial charge is 0.327 e. The molecule has 2 unspecified atom stereocenters. The van der Waals surface area contributed by atoms with Crippen molar-refractivity contribution in [2.75, 3.05) is 13.6 Å². The van der Waals surface area contributed by atoms with E-state index in [9.17, 15) is 0 Å². The van der Waals surface area contributed by atoms with Crippen LogP contribution in [-0.4, -0.2) is 24.5 Å². The van der Waals surface area contributed by atoms with E-state index in [2.05, 4.69) is 38.8 Å². The van der Waals surface area contributed by atoms with Crippen LogP contribution < -0.4 is 5.73 Å². The quantitative estimate of drug-likeness (QED) is 0.852. The van der Waals surface area contributed by atoms with Crippen LogP contribution in [0.1, 0.15) is 38.8 Å². The zero-order chi connectivity index (χ0) is 13.7. The minimum Gasteiger partial charge on any atom is -0.327 e. The minimum atomic E-state index is 0.269. The molecule has 0 aliphatic carbocycles. The lowest BCUT2D eigenvalue weighted by molar-refractivity contribution is 0.243. The number of rotatable bonds is 6. The van der Waals surface area contributed by atoms with Crippen molar-refractivity contribution in [1.82, 2.24) is 4.90 Å². The number of hydrogen-bond acceptors (Lipinski definition) is 2. The summed E-state index contributed by atoms with van der Waals surface area (Å²) in [6, 6.07) is 8.62. The first-order valence-corrected chi connectivity index (χ1v) is 7.01. The average molecular weight is 269 g/mol. The van der Waals surface area contributed by atoms with Crippen LogP contribution in [-0.2, 0) is 0 Å². The lowest BCUT2D eigenvalue weighted by Gasteiger charge is -2.27. The number of hydrogen-bond donors (Lipinski definition) is 1. The summed E-state index contributed by atoms with van der Waals surface area (Å²) in [7, 11) is 2.13. The summed E-state index contributed by atoms with van der Waals surface area (Å²) in [5.74, 6) is 0.536. The van der Waals surface area contributed by atoms with Crippen LogP contribution in [0.25, 0.3) is 0 Å². The maximum absolute atomic E-state index is 6.22. The predicted octanol–water partition coefficient (Wildman–Crippen LogP) is 3.71. The fourth-order valence-corrected chi connectivity index (χ4v) is 2.22. The smallest absolute Gasteiger partial charge is 0.0453 e. The molecule has 0 heterocycles. The van der Waals surface area contributed by atoms with Crippen molar-refractivity contribution in [3.8, 4) is 0 Å². The molecule has 3 heteroatoms. The van der Waals surface area contributed by atoms with Crippen LogP contribution in [0.3, 0.4) is 0 Å². The van der Waals surface area contributed by atoms with Gasteiger partial charge in [-0.15, -0.1) is 0 Å². The number of benzene rings is 1. The highest BCUT2D eigenvalue weighted by Gasteiger charge is 2.16. The van der Waals surface area contributed by atoms with Gasteiger partial charge in [-0.05, 0) is 44.5 Å². The molecule has 1 rings (SSSR count). The van der Waals surface area contributed by atoms with Crippen molar-refractivity contribution in [3.05, 3.63) is 34.9 Å². The van der Waals surface area contributed by atoms with Crippen molar-refractivity contribution >= 4 is 11.6 Å². The van der Waals surface area contributed by atoms with Gasteiger partial charge in [-0.25, -0.2) is 0 Å². The molecule has 0 fully saturated rings. The molecular formula is C15H25ClN2. The molecule has 0 aromatic heterocycles. The van der Waals surface area contributed by atoms with Gasteiger partial charge in [-0.3, -0.25) is 4.90 Å². The zero-order valence-electron chi connectivity index (χ0n) is 11.9. The van der Waals surface area contributed by atoms with E-state index in [-0.39, 0.29) is 6.04 Å². The Balaban J connectivity index is 2.57. The molecule has 102 valence electrons. The normalized spacial score (nSPS) is 15.1. The molecule has 0 amide bonds. The topological polar surface area (TPSA) is 29.3 Å². The molecule has 0 spiro atoms. The summed E-state index contributed by atoms with van der Waals surface area (Å²) >= 11 is 6.22. The predicted molar refractivity (Wildman–Crippen MR) is 79.9 cm³/mol. The number of nitrogens with two attached hydrogens (primary N) is 1. The van der Waals surface area contributed by atoms with Crippen LogP contribution in [0, 0.1) is 5.92 Å². The Morgan fingerprint density at radius 2 is 1.83 bits per heavy atom. The van der Waals surface area contributed by atoms with Crippen LogP contribution in [0.15, 0.2) is 24.3 Å². The van der Waals surface area contributed by atoms with Gasteiger partial charge in [-0.2, -0.15) is 0 Å². The maximum Gasteiger partial charge on any atom is 0.0453 e. The second kappa shape index (κ2) is 7.13. The number of halogens is 1. The SMILES string of the molecule is CC(C)C(N)CCN(C)C(C)c1ccccc1Cl. The van der Waals surface area contributed by atoms with Gasteiger partial charge in [0.05, 0.1) is 0 Å². The van der Waals surface area contributed by atoms with Gasteiger partial charge < -0.3 is 5.73 Å². The second-order valence-electron chi connectivity index (χ2n) is 5.37. The van der Waals surface area contributed by atoms with E-state index in [0.29, 0.717) is 12.0 Å². The molecule has 0 aliphatic heterocycles. The molecule has 0 saturated carbocycles. The fourth-order valence-electron chi connectivity index (χ4n) is 1.93. The summed E-state index contributed by atoms with van der Waals surface area (Å²) in [6.07, 6.45) is 1.02. The van der Waals surface area contributed by atoms with Crippen molar-refractivity contribution in [2.24, 2.45) is 11.7 Å². The van der Waals surface area contributed by atoms with E-state index in [0.717, 1.165) is 18.0 Å². The fraction of sp³-hybridized carbons (Fsp3) is 0.600. The molecular weight excluding hydrogens is 244 g/mol. The van der Waals surface area contributed by atoms with E-state index in [1.165, 1.54) is 5.56 Å². The van der Waals surface area contributed by atoms with Gasteiger partial charge in [-0.1, -0.05) is 43.6 Å². The lowest BCUT2D eigenvalue weighted by atomic mass is 10.0. The molecule has 1 aromatic rings. The van der Waals surface area contributed by atoms with Gasteiger partial charge in [0, 0.05) is 17.1 Å². The zero-order valence-corrected chi connectivity index (χ0v) is 12.6. The van der Waals surface area contributed by atoms with Crippen LogP contribution in [0.4, 0.5) is 0 Å². The third kappa shape index (κ3) is 4.27. The van der Waals surface area contributed by atoms with E-state index in [1.807, 2.05) is 18.2 Å². The first-order valence-electron chi connectivity index (χ1n) is 6.63. The monoisotopic (exact) mass is 268 g/mol. The molecule has 18 heavy (non-hydrogen) atoms. The Hall–Kier alpha value is -0.570. The Labute approximate surface area is 116 Å². The first kappa shape index (κ1) is 15.5. The Morgan fingerprint density at radius 1 is 1.22 bits per heavy atom. The van der Waals surface area contributed by atoms with Crippen molar-refractivity contribution in [2.45, 2.75) is 39.3 Å². The second-order valence-corrected chi connectivity index (χ2v) is 5.78. The molecule has 0 saturated heterocycles. The van der Waals surface area contributed by atoms with Gasteiger partial charge >= 0.3 is 0 Å². The molecule has 2 nitrogen and oxygen atoms in total. The van der Waals surface area contributed by atoms with Gasteiger partial charge in [0.15, 0.2) is 0 Å². The summed E-state index contributed by atoms with van der Waals surface area (Å²) in [4.78, 5) is 2.31. The number of nitrogens with zero attached hydrogens (tertiary/aromatic N) is 1. The van der Waals surface area contributed by atoms with Crippen LogP contribution in [0.5, 0.6) is 0 Å². The standard InChI is InChI=1S/C15H25ClN2/c1-11(2)15(17)9-10-18(4)12(3)13-7-5-6-8-14(13)16/h5-8,11-12,15H,9-10,17H2,1-4H3. The van der Waals surface area contributed by atoms with E-state index >= 15 is 0 Å². The van der Waals surface area contributed by atoms with Gasteiger partial charge in [0.25, 0.3) is 0 Å². The van der Waals surface area contributed by atoms with Crippen molar-refractivity contribution in [1.29, 1.82) is 0 Å². The van der Waals surface area contributed by atoms with Crippen LogP contribution >= 0.6 is 11.6 Å². The summed E-state index contributed by atoms with van der Waals surface area (Å²) in [6.45, 7) is 7.51. The Kier molecular flexibility index (Phi) is 6.13. The van der Waals surface area contributed by atoms with E-state index in [4.69, 9.17) is 17.3 Å². The average Bonchev–Trinajstić information content (AvgIpc) is 2.35. The molecule has 0 bridgehead atoms. The maximum atomic E-state index is 6.22. The molecule has 0 aliphatic rings. The molecule has 2 atom stereocenters. The molecule has 1 aromatic carbocycles. The Bertz CT molecular complexity index is 365. The third-order valence-electron chi connectivity index (χ3n) is 3.69. The summed E-state index contributed by atoms with van der Waals surface area (Å²) in [5.41, 5.74) is 7.26. The molecule has 0 radical (unpaired) electrons. The summed E-state index contributed by atoms with van der Waals surface area (Å²) < 4.78 is 0. The Morgan fingerprint density at radius 3 is 2.39 bits per heavy atom. The van der Waals surface area contributed by atoms with E-state index in [1.54, 1.807) is 0 Å². The highest BCUT2D eigenvalue weighted by atomic mass is 35.5. The van der Waals surface area contributed by atoms with E-state index < -0.39 is 0 Å². The van der Waals surface area contributed by atoms with Gasteiger partial charge in [0.2, 0.25) is 0 Å². The highest BCUT2D eigenvalue weighted by Crippen LogP contribution is 2.26. The third-order valence-corrected chi connectivity index (χ3v) is 4.03. The highest BCUT2D eigenvalue weighted by molar-refractivity contribution is 6.31. The molecule has 2 N–H and O–H groups in total.